The van der Waals surface area contributed by atoms with Gasteiger partial charge in [0.1, 0.15) is 0 Å². The van der Waals surface area contributed by atoms with Crippen LogP contribution in [0, 0.1) is 6.92 Å². The molecule has 0 atom stereocenters. The summed E-state index contributed by atoms with van der Waals surface area (Å²) < 4.78 is 9.88. The van der Waals surface area contributed by atoms with E-state index in [0.717, 1.165) is 22.5 Å². The Morgan fingerprint density at radius 3 is 2.93 bits per heavy atom. The number of para-hydroxylation sites is 2. The summed E-state index contributed by atoms with van der Waals surface area (Å²) in [5, 5.41) is 0. The van der Waals surface area contributed by atoms with E-state index in [1.54, 1.807) is 0 Å². The molecule has 0 bridgehead atoms. The Bertz CT molecular complexity index is 619. The van der Waals surface area contributed by atoms with Crippen molar-refractivity contribution in [3.63, 3.8) is 0 Å². The summed E-state index contributed by atoms with van der Waals surface area (Å²) in [6.45, 7) is 2.05. The number of aromatic nitrogens is 2. The molecule has 0 radical (unpaired) electrons. The van der Waals surface area contributed by atoms with Crippen LogP contribution in [0.3, 0.4) is 0 Å². The van der Waals surface area contributed by atoms with Crippen molar-refractivity contribution in [2.75, 3.05) is 0 Å². The van der Waals surface area contributed by atoms with Crippen molar-refractivity contribution in [3.8, 4) is 0 Å². The molecule has 2 aromatic heterocycles. The first-order chi connectivity index (χ1) is 6.77. The topological polar surface area (TPSA) is 22.2 Å². The van der Waals surface area contributed by atoms with Crippen LogP contribution < -0.4 is 4.40 Å². The molecular formula is C11H11N2O+. The maximum Gasteiger partial charge on any atom is 0.338 e. The maximum absolute atomic E-state index is 5.75. The van der Waals surface area contributed by atoms with Crippen molar-refractivity contribution in [2.45, 2.75) is 6.92 Å². The van der Waals surface area contributed by atoms with E-state index in [9.17, 15) is 0 Å². The zero-order valence-electron chi connectivity index (χ0n) is 8.19. The number of fused-ring (bicyclic) bond motifs is 3. The fraction of sp³-hybridized carbons (Fsp3) is 0.182. The largest absolute Gasteiger partial charge is 0.415 e. The van der Waals surface area contributed by atoms with Crippen molar-refractivity contribution in [3.05, 3.63) is 36.3 Å². The van der Waals surface area contributed by atoms with Crippen LogP contribution in [0.15, 0.2) is 35.0 Å². The van der Waals surface area contributed by atoms with Gasteiger partial charge < -0.3 is 4.42 Å². The molecule has 3 nitrogen and oxygen atoms in total. The smallest absolute Gasteiger partial charge is 0.338 e. The third-order valence-electron chi connectivity index (χ3n) is 2.68. The van der Waals surface area contributed by atoms with E-state index in [1.807, 2.05) is 31.6 Å². The Morgan fingerprint density at radius 2 is 2.07 bits per heavy atom. The Kier molecular flexibility index (Phi) is 1.29. The lowest BCUT2D eigenvalue weighted by Gasteiger charge is -1.83. The van der Waals surface area contributed by atoms with Crippen LogP contribution in [0.25, 0.3) is 16.8 Å². The monoisotopic (exact) mass is 187 g/mol. The van der Waals surface area contributed by atoms with Gasteiger partial charge in [0.05, 0.1) is 7.05 Å². The van der Waals surface area contributed by atoms with Crippen LogP contribution >= 0.6 is 0 Å². The van der Waals surface area contributed by atoms with Gasteiger partial charge in [-0.15, -0.1) is 0 Å². The molecule has 2 heterocycles. The van der Waals surface area contributed by atoms with Crippen LogP contribution in [-0.2, 0) is 7.05 Å². The molecule has 0 fully saturated rings. The summed E-state index contributed by atoms with van der Waals surface area (Å²) in [7, 11) is 2.02. The molecule has 3 aromatic rings. The second kappa shape index (κ2) is 2.38. The SMILES string of the molecule is Cc1c2oc3ccccc3[n+]2cn1C. The highest BCUT2D eigenvalue weighted by Gasteiger charge is 2.18. The Hall–Kier alpha value is -1.77. The molecule has 0 saturated carbocycles. The minimum absolute atomic E-state index is 0.925. The van der Waals surface area contributed by atoms with Crippen LogP contribution in [0.2, 0.25) is 0 Å². The highest BCUT2D eigenvalue weighted by Crippen LogP contribution is 2.16. The molecule has 0 spiro atoms. The lowest BCUT2D eigenvalue weighted by Crippen LogP contribution is -2.15. The van der Waals surface area contributed by atoms with Crippen molar-refractivity contribution < 1.29 is 8.82 Å². The minimum Gasteiger partial charge on any atom is -0.415 e. The number of imidazole rings is 1. The number of aryl methyl sites for hydroxylation is 2. The van der Waals surface area contributed by atoms with Gasteiger partial charge in [0, 0.05) is 6.92 Å². The lowest BCUT2D eigenvalue weighted by molar-refractivity contribution is -0.485. The maximum atomic E-state index is 5.75. The Balaban J connectivity index is 2.60. The molecule has 0 aliphatic carbocycles. The van der Waals surface area contributed by atoms with Crippen LogP contribution in [0.4, 0.5) is 0 Å². The zero-order valence-corrected chi connectivity index (χ0v) is 8.19. The predicted molar refractivity (Wildman–Crippen MR) is 53.1 cm³/mol. The van der Waals surface area contributed by atoms with E-state index in [1.165, 1.54) is 0 Å². The fourth-order valence-electron chi connectivity index (χ4n) is 1.78. The van der Waals surface area contributed by atoms with Crippen molar-refractivity contribution in [1.29, 1.82) is 0 Å². The molecule has 3 rings (SSSR count). The van der Waals surface area contributed by atoms with Crippen molar-refractivity contribution in [2.24, 2.45) is 7.05 Å². The summed E-state index contributed by atoms with van der Waals surface area (Å²) in [5.41, 5.74) is 4.12. The molecule has 0 aliphatic heterocycles. The summed E-state index contributed by atoms with van der Waals surface area (Å²) in [4.78, 5) is 0. The number of hydrogen-bond donors (Lipinski definition) is 0. The van der Waals surface area contributed by atoms with Gasteiger partial charge in [-0.25, -0.2) is 4.57 Å². The van der Waals surface area contributed by atoms with Crippen LogP contribution in [0.1, 0.15) is 5.69 Å². The first-order valence-electron chi connectivity index (χ1n) is 4.62. The van der Waals surface area contributed by atoms with E-state index in [0.29, 0.717) is 0 Å². The van der Waals surface area contributed by atoms with Gasteiger partial charge in [-0.2, -0.15) is 4.40 Å². The van der Waals surface area contributed by atoms with Crippen molar-refractivity contribution >= 4 is 16.8 Å². The highest BCUT2D eigenvalue weighted by molar-refractivity contribution is 5.71. The average Bonchev–Trinajstić information content (AvgIpc) is 2.67. The molecule has 0 unspecified atom stereocenters. The standard InChI is InChI=1S/C11H11N2O/c1-8-11-13(7-12(8)2)9-5-3-4-6-10(9)14-11/h3-7H,1-2H3/q+1. The van der Waals surface area contributed by atoms with Crippen molar-refractivity contribution in [1.82, 2.24) is 4.57 Å². The summed E-state index contributed by atoms with van der Waals surface area (Å²) >= 11 is 0. The molecule has 0 N–H and O–H groups in total. The molecule has 1 aromatic carbocycles. The summed E-state index contributed by atoms with van der Waals surface area (Å²) in [5.74, 6) is 0. The second-order valence-electron chi connectivity index (χ2n) is 3.56. The third-order valence-corrected chi connectivity index (χ3v) is 2.68. The van der Waals surface area contributed by atoms with Crippen LogP contribution in [-0.4, -0.2) is 4.57 Å². The Morgan fingerprint density at radius 1 is 1.29 bits per heavy atom. The van der Waals surface area contributed by atoms with Gasteiger partial charge in [0.25, 0.3) is 6.33 Å². The highest BCUT2D eigenvalue weighted by atomic mass is 16.3. The summed E-state index contributed by atoms with van der Waals surface area (Å²) in [6, 6.07) is 8.06. The van der Waals surface area contributed by atoms with Gasteiger partial charge in [-0.3, -0.25) is 0 Å². The van der Waals surface area contributed by atoms with Gasteiger partial charge in [0.15, 0.2) is 16.8 Å². The van der Waals surface area contributed by atoms with Gasteiger partial charge in [0.2, 0.25) is 0 Å². The molecule has 0 aliphatic rings. The number of oxazole rings is 1. The average molecular weight is 187 g/mol. The van der Waals surface area contributed by atoms with E-state index in [2.05, 4.69) is 22.0 Å². The molecule has 70 valence electrons. The van der Waals surface area contributed by atoms with Gasteiger partial charge in [-0.05, 0) is 12.1 Å². The fourth-order valence-corrected chi connectivity index (χ4v) is 1.78. The first kappa shape index (κ1) is 7.62. The number of nitrogens with zero attached hydrogens (tertiary/aromatic N) is 2. The summed E-state index contributed by atoms with van der Waals surface area (Å²) in [6.07, 6.45) is 2.04. The van der Waals surface area contributed by atoms with Gasteiger partial charge >= 0.3 is 5.71 Å². The van der Waals surface area contributed by atoms with Crippen LogP contribution in [0.5, 0.6) is 0 Å². The first-order valence-corrected chi connectivity index (χ1v) is 4.62. The molecule has 0 saturated heterocycles. The molecular weight excluding hydrogens is 176 g/mol. The minimum atomic E-state index is 0.925. The second-order valence-corrected chi connectivity index (χ2v) is 3.56. The number of benzene rings is 1. The van der Waals surface area contributed by atoms with Gasteiger partial charge in [-0.1, -0.05) is 12.1 Å². The number of rotatable bonds is 0. The zero-order chi connectivity index (χ0) is 9.71. The van der Waals surface area contributed by atoms with E-state index >= 15 is 0 Å². The van der Waals surface area contributed by atoms with E-state index in [-0.39, 0.29) is 0 Å². The predicted octanol–water partition coefficient (Wildman–Crippen LogP) is 1.82. The molecule has 3 heteroatoms. The quantitative estimate of drug-likeness (QED) is 0.492. The van der Waals surface area contributed by atoms with E-state index in [4.69, 9.17) is 4.42 Å². The Labute approximate surface area is 81.2 Å². The normalized spacial score (nSPS) is 11.6. The molecule has 14 heavy (non-hydrogen) atoms. The number of hydrogen-bond acceptors (Lipinski definition) is 1. The lowest BCUT2D eigenvalue weighted by atomic mass is 10.3. The van der Waals surface area contributed by atoms with E-state index < -0.39 is 0 Å². The molecule has 0 amide bonds. The third kappa shape index (κ3) is 0.789.